The molecular weight excluding hydrogens is 585 g/mol. The average molecular weight is 619 g/mol. The van der Waals surface area contributed by atoms with Crippen LogP contribution in [0.15, 0.2) is 60.7 Å². The summed E-state index contributed by atoms with van der Waals surface area (Å²) in [5.41, 5.74) is 0.742. The Bertz CT molecular complexity index is 1180. The Morgan fingerprint density at radius 1 is 0.750 bits per heavy atom. The van der Waals surface area contributed by atoms with Crippen molar-refractivity contribution in [2.75, 3.05) is 13.1 Å². The maximum absolute atomic E-state index is 13.4. The van der Waals surface area contributed by atoms with Gasteiger partial charge in [-0.1, -0.05) is 0 Å². The van der Waals surface area contributed by atoms with Gasteiger partial charge < -0.3 is 0 Å². The first-order valence-corrected chi connectivity index (χ1v) is 14.5. The van der Waals surface area contributed by atoms with Crippen molar-refractivity contribution in [2.45, 2.75) is 43.7 Å². The number of carbonyl (C=O) groups is 6. The molecule has 0 unspecified atom stereocenters. The van der Waals surface area contributed by atoms with Crippen LogP contribution in [-0.4, -0.2) is 86.8 Å². The van der Waals surface area contributed by atoms with E-state index in [4.69, 9.17) is 0 Å². The molecule has 0 fully saturated rings. The van der Waals surface area contributed by atoms with E-state index in [1.54, 1.807) is 30.3 Å². The average Bonchev–Trinajstić information content (AvgIpc) is 2.93. The molecule has 0 spiro atoms. The first-order valence-electron chi connectivity index (χ1n) is 12.4. The predicted molar refractivity (Wildman–Crippen MR) is 148 cm³/mol. The third kappa shape index (κ3) is 12.1. The molecule has 214 valence electrons. The maximum atomic E-state index is 13.4. The van der Waals surface area contributed by atoms with Gasteiger partial charge in [0.15, 0.2) is 0 Å². The van der Waals surface area contributed by atoms with Gasteiger partial charge in [-0.2, -0.15) is 0 Å². The molecule has 6 N–H and O–H groups in total. The van der Waals surface area contributed by atoms with Crippen LogP contribution in [-0.2, 0) is 35.2 Å². The third-order valence-corrected chi connectivity index (χ3v) is 7.72. The monoisotopic (exact) mass is 619 g/mol. The molecule has 40 heavy (non-hydrogen) atoms. The zero-order valence-electron chi connectivity index (χ0n) is 22.1. The fourth-order valence-corrected chi connectivity index (χ4v) is 5.26. The molecule has 0 bridgehead atoms. The van der Waals surface area contributed by atoms with Crippen molar-refractivity contribution in [2.24, 2.45) is 0 Å². The minimum atomic E-state index is -1.22. The van der Waals surface area contributed by atoms with E-state index in [2.05, 4.69) is 26.6 Å². The predicted octanol–water partition coefficient (Wildman–Crippen LogP) is -1.51. The van der Waals surface area contributed by atoms with E-state index in [-0.39, 0.29) is 33.2 Å². The Hall–Kier alpha value is -4.22. The standard InChI is InChI=1S/C27H33N5O7Se/c1-17(27(38)39)30-26(37)22(16-40-20-11-7-4-8-12-20)32-25(36)21(13-19-9-5-3-6-10-19)31-24(35)15-29-23(34)14-28-18(2)33/h3-12,17,21-22H,13-16H2,1-2H3,(H,28,33)(H,29,34)(H,30,37)(H,31,35)(H,32,36)(H,38,39)/t17-,21-,22-/m0/s1. The number of amides is 5. The minimum absolute atomic E-state index is 0.0992. The van der Waals surface area contributed by atoms with E-state index in [1.807, 2.05) is 30.3 Å². The molecule has 0 aliphatic heterocycles. The van der Waals surface area contributed by atoms with Gasteiger partial charge in [0.1, 0.15) is 0 Å². The van der Waals surface area contributed by atoms with Crippen LogP contribution in [0.2, 0.25) is 5.32 Å². The molecule has 2 aromatic carbocycles. The van der Waals surface area contributed by atoms with Gasteiger partial charge in [0, 0.05) is 6.92 Å². The van der Waals surface area contributed by atoms with E-state index in [0.717, 1.165) is 10.0 Å². The van der Waals surface area contributed by atoms with Crippen LogP contribution < -0.4 is 31.0 Å². The molecule has 0 radical (unpaired) electrons. The molecule has 5 amide bonds. The topological polar surface area (TPSA) is 183 Å². The fraction of sp³-hybridized carbons (Fsp3) is 0.333. The van der Waals surface area contributed by atoms with Gasteiger partial charge in [-0.3, -0.25) is 4.79 Å². The van der Waals surface area contributed by atoms with Crippen LogP contribution in [0.3, 0.4) is 0 Å². The van der Waals surface area contributed by atoms with E-state index < -0.39 is 60.2 Å². The number of carboxylic acid groups (broad SMARTS) is 1. The molecule has 2 rings (SSSR count). The molecule has 0 heterocycles. The SMILES string of the molecule is CC(=O)NCC(=O)NCC(=O)N[C@@H](Cc1ccccc1)C(=O)N[C@@H](C[Se]c1ccccc1)C(=O)N[C@@H](C)C(=O)O. The van der Waals surface area contributed by atoms with Gasteiger partial charge in [0.2, 0.25) is 5.91 Å². The summed E-state index contributed by atoms with van der Waals surface area (Å²) in [6, 6.07) is 15.0. The molecule has 3 atom stereocenters. The van der Waals surface area contributed by atoms with E-state index in [1.165, 1.54) is 13.8 Å². The molecule has 13 heteroatoms. The van der Waals surface area contributed by atoms with Crippen LogP contribution in [0, 0.1) is 0 Å². The van der Waals surface area contributed by atoms with Gasteiger partial charge in [0.05, 0.1) is 0 Å². The van der Waals surface area contributed by atoms with Crippen molar-refractivity contribution in [3.8, 4) is 0 Å². The van der Waals surface area contributed by atoms with Crippen molar-refractivity contribution in [3.05, 3.63) is 66.2 Å². The Morgan fingerprint density at radius 2 is 1.32 bits per heavy atom. The van der Waals surface area contributed by atoms with Gasteiger partial charge >= 0.3 is 221 Å². The number of rotatable bonds is 15. The summed E-state index contributed by atoms with van der Waals surface area (Å²) in [5, 5.41) is 21.8. The fourth-order valence-electron chi connectivity index (χ4n) is 3.28. The molecule has 12 nitrogen and oxygen atoms in total. The van der Waals surface area contributed by atoms with Crippen molar-refractivity contribution in [1.82, 2.24) is 26.6 Å². The number of hydrogen-bond donors (Lipinski definition) is 6. The summed E-state index contributed by atoms with van der Waals surface area (Å²) < 4.78 is 0.984. The molecule has 0 aliphatic carbocycles. The summed E-state index contributed by atoms with van der Waals surface area (Å²) in [6.45, 7) is 1.84. The van der Waals surface area contributed by atoms with E-state index >= 15 is 0 Å². The first-order chi connectivity index (χ1) is 19.0. The Balaban J connectivity index is 2.15. The van der Waals surface area contributed by atoms with Gasteiger partial charge in [-0.25, -0.2) is 0 Å². The Morgan fingerprint density at radius 3 is 1.93 bits per heavy atom. The number of hydrogen-bond acceptors (Lipinski definition) is 6. The number of carbonyl (C=O) groups excluding carboxylic acids is 5. The summed E-state index contributed by atoms with van der Waals surface area (Å²) >= 11 is -0.223. The molecule has 0 saturated heterocycles. The second-order valence-corrected chi connectivity index (χ2v) is 11.0. The molecule has 0 aromatic heterocycles. The Kier molecular flexibility index (Phi) is 13.3. The van der Waals surface area contributed by atoms with Crippen LogP contribution in [0.4, 0.5) is 0 Å². The van der Waals surface area contributed by atoms with Crippen LogP contribution >= 0.6 is 0 Å². The quantitative estimate of drug-likeness (QED) is 0.131. The molecular formula is C27H33N5O7Se. The van der Waals surface area contributed by atoms with E-state index in [0.29, 0.717) is 0 Å². The number of carboxylic acids is 1. The van der Waals surface area contributed by atoms with Crippen molar-refractivity contribution in [1.29, 1.82) is 0 Å². The van der Waals surface area contributed by atoms with Gasteiger partial charge in [-0.15, -0.1) is 0 Å². The zero-order chi connectivity index (χ0) is 29.5. The number of nitrogens with one attached hydrogen (secondary N) is 5. The molecule has 0 aliphatic rings. The molecule has 2 aromatic rings. The summed E-state index contributed by atoms with van der Waals surface area (Å²) in [5.74, 6) is -4.15. The third-order valence-electron chi connectivity index (χ3n) is 5.40. The van der Waals surface area contributed by atoms with E-state index in [9.17, 15) is 33.9 Å². The van der Waals surface area contributed by atoms with Crippen LogP contribution in [0.1, 0.15) is 19.4 Å². The summed E-state index contributed by atoms with van der Waals surface area (Å²) in [4.78, 5) is 73.0. The number of benzene rings is 2. The van der Waals surface area contributed by atoms with Crippen molar-refractivity contribution >= 4 is 54.9 Å². The summed E-state index contributed by atoms with van der Waals surface area (Å²) in [6.07, 6.45) is 0.0992. The zero-order valence-corrected chi connectivity index (χ0v) is 23.9. The molecule has 0 saturated carbocycles. The second kappa shape index (κ2) is 16.7. The first kappa shape index (κ1) is 32.0. The van der Waals surface area contributed by atoms with Gasteiger partial charge in [-0.05, 0) is 0 Å². The Labute approximate surface area is 238 Å². The second-order valence-electron chi connectivity index (χ2n) is 8.75. The summed E-state index contributed by atoms with van der Waals surface area (Å²) in [7, 11) is 0. The van der Waals surface area contributed by atoms with Crippen molar-refractivity contribution in [3.63, 3.8) is 0 Å². The van der Waals surface area contributed by atoms with Crippen LogP contribution in [0.5, 0.6) is 0 Å². The van der Waals surface area contributed by atoms with Crippen molar-refractivity contribution < 1.29 is 33.9 Å². The van der Waals surface area contributed by atoms with Crippen LogP contribution in [0.25, 0.3) is 0 Å². The van der Waals surface area contributed by atoms with Gasteiger partial charge in [0.25, 0.3) is 0 Å². The normalized spacial score (nSPS) is 12.7. The number of aliphatic carboxylic acids is 1.